The molecule has 1 aromatic rings. The number of hydrogen-bond donors (Lipinski definition) is 2. The Kier molecular flexibility index (Phi) is 5.04. The van der Waals surface area contributed by atoms with Gasteiger partial charge in [0.05, 0.1) is 0 Å². The summed E-state index contributed by atoms with van der Waals surface area (Å²) in [5.41, 5.74) is 6.98. The second-order valence-corrected chi connectivity index (χ2v) is 3.29. The van der Waals surface area contributed by atoms with Gasteiger partial charge in [0.15, 0.2) is 0 Å². The van der Waals surface area contributed by atoms with Gasteiger partial charge < -0.3 is 15.8 Å². The van der Waals surface area contributed by atoms with Gasteiger partial charge in [-0.3, -0.25) is 0 Å². The van der Waals surface area contributed by atoms with Crippen LogP contribution in [-0.2, 0) is 4.74 Å². The van der Waals surface area contributed by atoms with Crippen molar-refractivity contribution in [2.24, 2.45) is 5.73 Å². The molecule has 0 radical (unpaired) electrons. The molecule has 0 aliphatic rings. The molecule has 1 aromatic carbocycles. The van der Waals surface area contributed by atoms with Crippen LogP contribution in [0, 0.1) is 0 Å². The van der Waals surface area contributed by atoms with E-state index >= 15 is 0 Å². The van der Waals surface area contributed by atoms with E-state index in [1.807, 2.05) is 30.3 Å². The fourth-order valence-electron chi connectivity index (χ4n) is 1.18. The zero-order chi connectivity index (χ0) is 10.2. The highest BCUT2D eigenvalue weighted by Gasteiger charge is 2.00. The number of hydrogen-bond acceptors (Lipinski definition) is 3. The van der Waals surface area contributed by atoms with E-state index in [0.29, 0.717) is 0 Å². The standard InChI is InChI=1S/C11H18N2O/c1-14-8-7-10(12)9-13-11-5-3-2-4-6-11/h2-6,10,13H,7-9,12H2,1H3. The Labute approximate surface area is 85.3 Å². The molecular formula is C11H18N2O. The van der Waals surface area contributed by atoms with Crippen LogP contribution in [0.1, 0.15) is 6.42 Å². The number of nitrogens with one attached hydrogen (secondary N) is 1. The van der Waals surface area contributed by atoms with Gasteiger partial charge in [0.2, 0.25) is 0 Å². The van der Waals surface area contributed by atoms with Crippen molar-refractivity contribution in [3.63, 3.8) is 0 Å². The van der Waals surface area contributed by atoms with E-state index in [0.717, 1.165) is 25.3 Å². The van der Waals surface area contributed by atoms with Gasteiger partial charge in [-0.15, -0.1) is 0 Å². The lowest BCUT2D eigenvalue weighted by atomic mass is 10.2. The van der Waals surface area contributed by atoms with E-state index in [9.17, 15) is 0 Å². The van der Waals surface area contributed by atoms with Crippen LogP contribution < -0.4 is 11.1 Å². The highest BCUT2D eigenvalue weighted by atomic mass is 16.5. The van der Waals surface area contributed by atoms with Crippen molar-refractivity contribution in [2.75, 3.05) is 25.6 Å². The molecular weight excluding hydrogens is 176 g/mol. The van der Waals surface area contributed by atoms with E-state index < -0.39 is 0 Å². The number of benzene rings is 1. The van der Waals surface area contributed by atoms with E-state index in [-0.39, 0.29) is 6.04 Å². The molecule has 0 bridgehead atoms. The van der Waals surface area contributed by atoms with Gasteiger partial charge in [0, 0.05) is 32.0 Å². The fraction of sp³-hybridized carbons (Fsp3) is 0.455. The van der Waals surface area contributed by atoms with Gasteiger partial charge in [-0.25, -0.2) is 0 Å². The molecule has 0 spiro atoms. The quantitative estimate of drug-likeness (QED) is 0.720. The molecule has 0 saturated carbocycles. The van der Waals surface area contributed by atoms with Crippen molar-refractivity contribution in [3.8, 4) is 0 Å². The summed E-state index contributed by atoms with van der Waals surface area (Å²) in [5.74, 6) is 0. The molecule has 3 nitrogen and oxygen atoms in total. The minimum atomic E-state index is 0.148. The molecule has 78 valence electrons. The Morgan fingerprint density at radius 2 is 2.07 bits per heavy atom. The van der Waals surface area contributed by atoms with Gasteiger partial charge in [0.25, 0.3) is 0 Å². The first-order valence-corrected chi connectivity index (χ1v) is 4.86. The van der Waals surface area contributed by atoms with E-state index in [4.69, 9.17) is 10.5 Å². The summed E-state index contributed by atoms with van der Waals surface area (Å²) in [6, 6.07) is 10.2. The minimum absolute atomic E-state index is 0.148. The maximum Gasteiger partial charge on any atom is 0.0477 e. The molecule has 14 heavy (non-hydrogen) atoms. The SMILES string of the molecule is COCCC(N)CNc1ccccc1. The van der Waals surface area contributed by atoms with Crippen molar-refractivity contribution in [1.29, 1.82) is 0 Å². The van der Waals surface area contributed by atoms with Crippen molar-refractivity contribution < 1.29 is 4.74 Å². The first kappa shape index (κ1) is 11.0. The van der Waals surface area contributed by atoms with Crippen molar-refractivity contribution >= 4 is 5.69 Å². The average Bonchev–Trinajstić information content (AvgIpc) is 2.25. The Hall–Kier alpha value is -1.06. The zero-order valence-corrected chi connectivity index (χ0v) is 8.57. The van der Waals surface area contributed by atoms with Crippen molar-refractivity contribution in [1.82, 2.24) is 0 Å². The Balaban J connectivity index is 2.20. The monoisotopic (exact) mass is 194 g/mol. The third-order valence-electron chi connectivity index (χ3n) is 2.03. The first-order chi connectivity index (χ1) is 6.83. The smallest absolute Gasteiger partial charge is 0.0477 e. The largest absolute Gasteiger partial charge is 0.385 e. The topological polar surface area (TPSA) is 47.3 Å². The van der Waals surface area contributed by atoms with Gasteiger partial charge >= 0.3 is 0 Å². The van der Waals surface area contributed by atoms with Crippen LogP contribution in [0.4, 0.5) is 5.69 Å². The molecule has 1 rings (SSSR count). The predicted octanol–water partition coefficient (Wildman–Crippen LogP) is 1.46. The summed E-state index contributed by atoms with van der Waals surface area (Å²) in [6.45, 7) is 1.50. The molecule has 0 aliphatic heterocycles. The molecule has 0 aromatic heterocycles. The molecule has 0 saturated heterocycles. The number of para-hydroxylation sites is 1. The van der Waals surface area contributed by atoms with Crippen LogP contribution in [0.3, 0.4) is 0 Å². The summed E-state index contributed by atoms with van der Waals surface area (Å²) in [5, 5.41) is 3.27. The van der Waals surface area contributed by atoms with E-state index in [1.54, 1.807) is 7.11 Å². The Bertz CT molecular complexity index is 238. The summed E-state index contributed by atoms with van der Waals surface area (Å²) in [6.07, 6.45) is 0.885. The number of rotatable bonds is 6. The van der Waals surface area contributed by atoms with Crippen molar-refractivity contribution in [3.05, 3.63) is 30.3 Å². The number of anilines is 1. The molecule has 3 N–H and O–H groups in total. The van der Waals surface area contributed by atoms with Gasteiger partial charge in [-0.2, -0.15) is 0 Å². The van der Waals surface area contributed by atoms with Crippen LogP contribution in [0.5, 0.6) is 0 Å². The maximum atomic E-state index is 5.87. The summed E-state index contributed by atoms with van der Waals surface area (Å²) >= 11 is 0. The number of methoxy groups -OCH3 is 1. The first-order valence-electron chi connectivity index (χ1n) is 4.86. The van der Waals surface area contributed by atoms with Gasteiger partial charge in [0.1, 0.15) is 0 Å². The molecule has 1 unspecified atom stereocenters. The maximum absolute atomic E-state index is 5.87. The molecule has 3 heteroatoms. The second-order valence-electron chi connectivity index (χ2n) is 3.29. The second kappa shape index (κ2) is 6.40. The third kappa shape index (κ3) is 4.25. The number of nitrogens with two attached hydrogens (primary N) is 1. The highest BCUT2D eigenvalue weighted by Crippen LogP contribution is 2.04. The average molecular weight is 194 g/mol. The molecule has 1 atom stereocenters. The predicted molar refractivity (Wildman–Crippen MR) is 59.4 cm³/mol. The highest BCUT2D eigenvalue weighted by molar-refractivity contribution is 5.42. The Morgan fingerprint density at radius 3 is 2.71 bits per heavy atom. The van der Waals surface area contributed by atoms with Crippen LogP contribution in [0.15, 0.2) is 30.3 Å². The van der Waals surface area contributed by atoms with E-state index in [2.05, 4.69) is 5.32 Å². The summed E-state index contributed by atoms with van der Waals surface area (Å²) < 4.78 is 4.96. The molecule has 0 heterocycles. The van der Waals surface area contributed by atoms with Crippen LogP contribution in [-0.4, -0.2) is 26.3 Å². The number of ether oxygens (including phenoxy) is 1. The summed E-state index contributed by atoms with van der Waals surface area (Å²) in [7, 11) is 1.69. The minimum Gasteiger partial charge on any atom is -0.385 e. The van der Waals surface area contributed by atoms with Crippen LogP contribution in [0.2, 0.25) is 0 Å². The van der Waals surface area contributed by atoms with E-state index in [1.165, 1.54) is 0 Å². The molecule has 0 fully saturated rings. The third-order valence-corrected chi connectivity index (χ3v) is 2.03. The molecule has 0 amide bonds. The van der Waals surface area contributed by atoms with Gasteiger partial charge in [-0.1, -0.05) is 18.2 Å². The Morgan fingerprint density at radius 1 is 1.36 bits per heavy atom. The molecule has 0 aliphatic carbocycles. The van der Waals surface area contributed by atoms with Crippen LogP contribution in [0.25, 0.3) is 0 Å². The lowest BCUT2D eigenvalue weighted by Crippen LogP contribution is -2.30. The van der Waals surface area contributed by atoms with Crippen molar-refractivity contribution in [2.45, 2.75) is 12.5 Å². The lowest BCUT2D eigenvalue weighted by molar-refractivity contribution is 0.189. The van der Waals surface area contributed by atoms with Gasteiger partial charge in [-0.05, 0) is 18.6 Å². The lowest BCUT2D eigenvalue weighted by Gasteiger charge is -2.12. The summed E-state index contributed by atoms with van der Waals surface area (Å²) in [4.78, 5) is 0. The zero-order valence-electron chi connectivity index (χ0n) is 8.57. The fourth-order valence-corrected chi connectivity index (χ4v) is 1.18. The van der Waals surface area contributed by atoms with Crippen LogP contribution >= 0.6 is 0 Å². The normalized spacial score (nSPS) is 12.4.